The van der Waals surface area contributed by atoms with E-state index < -0.39 is 11.7 Å². The van der Waals surface area contributed by atoms with E-state index in [-0.39, 0.29) is 12.5 Å². The van der Waals surface area contributed by atoms with Crippen molar-refractivity contribution >= 4 is 5.91 Å². The van der Waals surface area contributed by atoms with Crippen molar-refractivity contribution in [2.24, 2.45) is 0 Å². The van der Waals surface area contributed by atoms with Gasteiger partial charge in [-0.2, -0.15) is 13.2 Å². The third-order valence-electron chi connectivity index (χ3n) is 3.66. The van der Waals surface area contributed by atoms with Gasteiger partial charge in [0.25, 0.3) is 5.91 Å². The second kappa shape index (κ2) is 6.44. The van der Waals surface area contributed by atoms with E-state index in [1.807, 2.05) is 26.0 Å². The molecule has 0 aliphatic heterocycles. The Hall–Kier alpha value is -2.30. The first-order valence-corrected chi connectivity index (χ1v) is 7.17. The Morgan fingerprint density at radius 2 is 1.65 bits per heavy atom. The molecule has 122 valence electrons. The van der Waals surface area contributed by atoms with Crippen LogP contribution in [0, 0.1) is 13.8 Å². The first-order valence-electron chi connectivity index (χ1n) is 7.17. The maximum atomic E-state index is 12.5. The van der Waals surface area contributed by atoms with Gasteiger partial charge in [-0.1, -0.05) is 29.8 Å². The second-order valence-electron chi connectivity index (χ2n) is 5.67. The van der Waals surface area contributed by atoms with Crippen LogP contribution in [0.1, 0.15) is 32.6 Å². The lowest BCUT2D eigenvalue weighted by atomic mass is 10.0. The summed E-state index contributed by atoms with van der Waals surface area (Å²) in [7, 11) is 1.64. The van der Waals surface area contributed by atoms with Gasteiger partial charge in [-0.3, -0.25) is 4.79 Å². The third-order valence-corrected chi connectivity index (χ3v) is 3.66. The number of carbonyl (C=O) groups is 1. The van der Waals surface area contributed by atoms with Gasteiger partial charge in [0.15, 0.2) is 0 Å². The van der Waals surface area contributed by atoms with Gasteiger partial charge in [0.05, 0.1) is 5.56 Å². The largest absolute Gasteiger partial charge is 0.416 e. The molecule has 0 aromatic heterocycles. The average Bonchev–Trinajstić information content (AvgIpc) is 2.46. The summed E-state index contributed by atoms with van der Waals surface area (Å²) in [4.78, 5) is 14.0. The fourth-order valence-corrected chi connectivity index (χ4v) is 2.40. The molecule has 0 saturated heterocycles. The maximum Gasteiger partial charge on any atom is 0.416 e. The van der Waals surface area contributed by atoms with Crippen LogP contribution >= 0.6 is 0 Å². The molecular weight excluding hydrogens is 303 g/mol. The van der Waals surface area contributed by atoms with E-state index in [9.17, 15) is 18.0 Å². The summed E-state index contributed by atoms with van der Waals surface area (Å²) in [5.41, 5.74) is 2.52. The molecule has 0 spiro atoms. The van der Waals surface area contributed by atoms with Gasteiger partial charge >= 0.3 is 6.18 Å². The van der Waals surface area contributed by atoms with Crippen molar-refractivity contribution in [2.45, 2.75) is 26.6 Å². The van der Waals surface area contributed by atoms with Crippen LogP contribution in [0.25, 0.3) is 0 Å². The van der Waals surface area contributed by atoms with E-state index in [0.717, 1.165) is 23.3 Å². The maximum absolute atomic E-state index is 12.5. The summed E-state index contributed by atoms with van der Waals surface area (Å²) in [6.45, 7) is 4.07. The predicted molar refractivity (Wildman–Crippen MR) is 83.2 cm³/mol. The van der Waals surface area contributed by atoms with Gasteiger partial charge in [0.2, 0.25) is 0 Å². The fourth-order valence-electron chi connectivity index (χ4n) is 2.40. The number of aryl methyl sites for hydroxylation is 2. The van der Waals surface area contributed by atoms with Crippen LogP contribution in [0.5, 0.6) is 0 Å². The number of hydrogen-bond acceptors (Lipinski definition) is 1. The lowest BCUT2D eigenvalue weighted by Gasteiger charge is -2.19. The quantitative estimate of drug-likeness (QED) is 0.809. The topological polar surface area (TPSA) is 20.3 Å². The zero-order valence-electron chi connectivity index (χ0n) is 13.2. The lowest BCUT2D eigenvalue weighted by molar-refractivity contribution is -0.137. The minimum Gasteiger partial charge on any atom is -0.337 e. The van der Waals surface area contributed by atoms with E-state index in [1.54, 1.807) is 13.1 Å². The standard InChI is InChI=1S/C18H18F3NO/c1-12-4-9-16(13(2)10-12)17(23)22(3)11-14-5-7-15(8-6-14)18(19,20)21/h4-10H,11H2,1-3H3. The molecule has 1 amide bonds. The third kappa shape index (κ3) is 4.12. The number of halogens is 3. The smallest absolute Gasteiger partial charge is 0.337 e. The average molecular weight is 321 g/mol. The number of amides is 1. The van der Waals surface area contributed by atoms with Crippen LogP contribution in [0.15, 0.2) is 42.5 Å². The number of nitrogens with zero attached hydrogens (tertiary/aromatic N) is 1. The minimum absolute atomic E-state index is 0.151. The molecule has 0 N–H and O–H groups in total. The van der Waals surface area contributed by atoms with Crippen molar-refractivity contribution in [3.8, 4) is 0 Å². The molecule has 0 aliphatic carbocycles. The first kappa shape index (κ1) is 17.1. The van der Waals surface area contributed by atoms with Crippen molar-refractivity contribution in [1.29, 1.82) is 0 Å². The monoisotopic (exact) mass is 321 g/mol. The molecule has 2 aromatic rings. The van der Waals surface area contributed by atoms with Crippen LogP contribution in [0.4, 0.5) is 13.2 Å². The Kier molecular flexibility index (Phi) is 4.78. The van der Waals surface area contributed by atoms with Gasteiger partial charge in [-0.05, 0) is 43.2 Å². The van der Waals surface area contributed by atoms with Crippen molar-refractivity contribution in [3.63, 3.8) is 0 Å². The highest BCUT2D eigenvalue weighted by Crippen LogP contribution is 2.29. The van der Waals surface area contributed by atoms with Gasteiger partial charge in [-0.25, -0.2) is 0 Å². The van der Waals surface area contributed by atoms with Crippen molar-refractivity contribution in [1.82, 2.24) is 4.90 Å². The van der Waals surface area contributed by atoms with Crippen LogP contribution in [-0.2, 0) is 12.7 Å². The summed E-state index contributed by atoms with van der Waals surface area (Å²) in [6.07, 6.45) is -4.35. The van der Waals surface area contributed by atoms with E-state index in [1.165, 1.54) is 17.0 Å². The summed E-state index contributed by atoms with van der Waals surface area (Å²) in [5, 5.41) is 0. The molecule has 2 aromatic carbocycles. The lowest BCUT2D eigenvalue weighted by Crippen LogP contribution is -2.26. The number of rotatable bonds is 3. The number of hydrogen-bond donors (Lipinski definition) is 0. The highest BCUT2D eigenvalue weighted by molar-refractivity contribution is 5.95. The van der Waals surface area contributed by atoms with Crippen molar-refractivity contribution in [2.75, 3.05) is 7.05 Å². The fraction of sp³-hybridized carbons (Fsp3) is 0.278. The van der Waals surface area contributed by atoms with E-state index >= 15 is 0 Å². The molecule has 0 unspecified atom stereocenters. The van der Waals surface area contributed by atoms with Gasteiger partial charge in [0, 0.05) is 19.2 Å². The summed E-state index contributed by atoms with van der Waals surface area (Å²) < 4.78 is 37.6. The highest BCUT2D eigenvalue weighted by Gasteiger charge is 2.30. The Morgan fingerprint density at radius 1 is 1.04 bits per heavy atom. The Balaban J connectivity index is 2.12. The molecule has 0 bridgehead atoms. The predicted octanol–water partition coefficient (Wildman–Crippen LogP) is 4.59. The molecule has 23 heavy (non-hydrogen) atoms. The highest BCUT2D eigenvalue weighted by atomic mass is 19.4. The van der Waals surface area contributed by atoms with Gasteiger partial charge in [-0.15, -0.1) is 0 Å². The van der Waals surface area contributed by atoms with E-state index in [0.29, 0.717) is 11.1 Å². The molecule has 0 radical (unpaired) electrons. The molecule has 5 heteroatoms. The van der Waals surface area contributed by atoms with Crippen molar-refractivity contribution < 1.29 is 18.0 Å². The summed E-state index contributed by atoms with van der Waals surface area (Å²) >= 11 is 0. The Labute approximate surface area is 133 Å². The molecule has 0 aliphatic rings. The Bertz CT molecular complexity index is 705. The zero-order chi connectivity index (χ0) is 17.2. The summed E-state index contributed by atoms with van der Waals surface area (Å²) in [5.74, 6) is -0.151. The van der Waals surface area contributed by atoms with Crippen LogP contribution in [0.2, 0.25) is 0 Å². The van der Waals surface area contributed by atoms with E-state index in [4.69, 9.17) is 0 Å². The Morgan fingerprint density at radius 3 is 2.17 bits per heavy atom. The van der Waals surface area contributed by atoms with E-state index in [2.05, 4.69) is 0 Å². The van der Waals surface area contributed by atoms with Crippen LogP contribution < -0.4 is 0 Å². The van der Waals surface area contributed by atoms with Crippen LogP contribution in [-0.4, -0.2) is 17.9 Å². The molecule has 2 nitrogen and oxygen atoms in total. The zero-order valence-corrected chi connectivity index (χ0v) is 13.2. The first-order chi connectivity index (χ1) is 10.7. The molecule has 0 heterocycles. The number of alkyl halides is 3. The summed E-state index contributed by atoms with van der Waals surface area (Å²) in [6, 6.07) is 10.4. The molecule has 2 rings (SSSR count). The normalized spacial score (nSPS) is 11.4. The van der Waals surface area contributed by atoms with Gasteiger partial charge in [0.1, 0.15) is 0 Å². The van der Waals surface area contributed by atoms with Gasteiger partial charge < -0.3 is 4.90 Å². The van der Waals surface area contributed by atoms with Crippen molar-refractivity contribution in [3.05, 3.63) is 70.3 Å². The minimum atomic E-state index is -4.35. The SMILES string of the molecule is Cc1ccc(C(=O)N(C)Cc2ccc(C(F)(F)F)cc2)c(C)c1. The molecule has 0 atom stereocenters. The number of carbonyl (C=O) groups excluding carboxylic acids is 1. The second-order valence-corrected chi connectivity index (χ2v) is 5.67. The van der Waals surface area contributed by atoms with Crippen LogP contribution in [0.3, 0.4) is 0 Å². The molecular formula is C18H18F3NO. The molecule has 0 saturated carbocycles. The molecule has 0 fully saturated rings. The number of benzene rings is 2.